The fourth-order valence-corrected chi connectivity index (χ4v) is 4.84. The summed E-state index contributed by atoms with van der Waals surface area (Å²) in [7, 11) is -4.47. The predicted molar refractivity (Wildman–Crippen MR) is 115 cm³/mol. The first-order valence-electron chi connectivity index (χ1n) is 9.30. The Labute approximate surface area is 190 Å². The number of carbonyl (C=O) groups excluding carboxylic acids is 2. The number of allylic oxidation sites excluding steroid dienone is 1. The van der Waals surface area contributed by atoms with E-state index in [1.165, 1.54) is 24.5 Å². The summed E-state index contributed by atoms with van der Waals surface area (Å²) >= 11 is 6.08. The summed E-state index contributed by atoms with van der Waals surface area (Å²) in [5.74, 6) is -1.71. The number of rotatable bonds is 7. The molecule has 0 saturated carbocycles. The number of para-hydroxylation sites is 1. The second-order valence-corrected chi connectivity index (χ2v) is 8.92. The molecule has 0 fully saturated rings. The van der Waals surface area contributed by atoms with Crippen LogP contribution in [0.25, 0.3) is 11.2 Å². The van der Waals surface area contributed by atoms with Gasteiger partial charge in [-0.05, 0) is 12.5 Å². The van der Waals surface area contributed by atoms with Gasteiger partial charge in [-0.15, -0.1) is 0 Å². The molecule has 2 unspecified atom stereocenters. The molecule has 4 rings (SSSR count). The number of aromatic nitrogens is 4. The molecule has 0 saturated heterocycles. The number of anilines is 1. The molecule has 2 N–H and O–H groups in total. The van der Waals surface area contributed by atoms with Crippen LogP contribution in [0.5, 0.6) is 0 Å². The highest BCUT2D eigenvalue weighted by Gasteiger charge is 2.32. The van der Waals surface area contributed by atoms with Gasteiger partial charge in [-0.3, -0.25) is 25.0 Å². The van der Waals surface area contributed by atoms with Crippen LogP contribution >= 0.6 is 11.6 Å². The van der Waals surface area contributed by atoms with Crippen molar-refractivity contribution < 1.29 is 22.9 Å². The zero-order valence-corrected chi connectivity index (χ0v) is 18.0. The Hall–Kier alpha value is -3.91. The van der Waals surface area contributed by atoms with E-state index in [2.05, 4.69) is 20.3 Å². The minimum absolute atomic E-state index is 0.0231. The average molecular weight is 492 g/mol. The van der Waals surface area contributed by atoms with Gasteiger partial charge in [0.05, 0.1) is 23.2 Å². The molecule has 3 aromatic rings. The number of nitrogens with zero attached hydrogens (tertiary/aromatic N) is 5. The van der Waals surface area contributed by atoms with Crippen LogP contribution in [0.1, 0.15) is 12.5 Å². The van der Waals surface area contributed by atoms with E-state index in [0.29, 0.717) is 12.1 Å². The fraction of sp³-hybridized carbons (Fsp3) is 0.167. The van der Waals surface area contributed by atoms with Gasteiger partial charge in [0.25, 0.3) is 15.7 Å². The van der Waals surface area contributed by atoms with Crippen molar-refractivity contribution >= 4 is 56.7 Å². The Kier molecular flexibility index (Phi) is 5.78. The molecule has 0 radical (unpaired) electrons. The molecule has 1 aliphatic carbocycles. The van der Waals surface area contributed by atoms with Gasteiger partial charge in [-0.1, -0.05) is 35.9 Å². The van der Waals surface area contributed by atoms with Crippen molar-refractivity contribution in [3.05, 3.63) is 58.0 Å². The Morgan fingerprint density at radius 1 is 1.27 bits per heavy atom. The monoisotopic (exact) mass is 491 g/mol. The molecule has 2 atom stereocenters. The van der Waals surface area contributed by atoms with Crippen molar-refractivity contribution in [3.8, 4) is 0 Å². The van der Waals surface area contributed by atoms with E-state index in [4.69, 9.17) is 11.6 Å². The Balaban J connectivity index is 1.54. The van der Waals surface area contributed by atoms with Crippen molar-refractivity contribution in [3.63, 3.8) is 0 Å². The van der Waals surface area contributed by atoms with Crippen LogP contribution in [0.4, 0.5) is 11.6 Å². The Morgan fingerprint density at radius 2 is 2.03 bits per heavy atom. The molecule has 2 aromatic heterocycles. The van der Waals surface area contributed by atoms with Crippen molar-refractivity contribution in [2.75, 3.05) is 5.32 Å². The summed E-state index contributed by atoms with van der Waals surface area (Å²) in [4.78, 5) is 45.3. The van der Waals surface area contributed by atoms with E-state index in [1.54, 1.807) is 10.6 Å². The molecule has 0 bridgehead atoms. The predicted octanol–water partition coefficient (Wildman–Crippen LogP) is 1.58. The summed E-state index contributed by atoms with van der Waals surface area (Å²) in [6.07, 6.45) is 5.20. The van der Waals surface area contributed by atoms with Gasteiger partial charge in [0.1, 0.15) is 5.52 Å². The maximum atomic E-state index is 12.7. The second kappa shape index (κ2) is 8.55. The number of amides is 2. The molecule has 13 nitrogen and oxygen atoms in total. The van der Waals surface area contributed by atoms with E-state index in [0.717, 1.165) is 12.1 Å². The largest absolute Gasteiger partial charge is 0.308 e. The lowest BCUT2D eigenvalue weighted by atomic mass is 10.1. The number of hydrogen-bond donors (Lipinski definition) is 2. The van der Waals surface area contributed by atoms with Crippen molar-refractivity contribution in [2.24, 2.45) is 5.92 Å². The van der Waals surface area contributed by atoms with Gasteiger partial charge >= 0.3 is 0 Å². The van der Waals surface area contributed by atoms with Crippen LogP contribution in [-0.2, 0) is 19.6 Å². The normalized spacial score (nSPS) is 17.7. The summed E-state index contributed by atoms with van der Waals surface area (Å²) in [5.41, 5.74) is -0.0465. The van der Waals surface area contributed by atoms with Gasteiger partial charge in [-0.2, -0.15) is 9.97 Å². The van der Waals surface area contributed by atoms with Crippen LogP contribution in [-0.4, -0.2) is 45.2 Å². The molecule has 2 heterocycles. The third-order valence-electron chi connectivity index (χ3n) is 4.91. The maximum Gasteiger partial charge on any atom is 0.289 e. The molecule has 33 heavy (non-hydrogen) atoms. The van der Waals surface area contributed by atoms with E-state index in [-0.39, 0.29) is 23.0 Å². The molecular weight excluding hydrogens is 478 g/mol. The molecular formula is C18H14ClN7O6S. The van der Waals surface area contributed by atoms with Crippen molar-refractivity contribution in [2.45, 2.75) is 17.4 Å². The van der Waals surface area contributed by atoms with Crippen LogP contribution in [0.3, 0.4) is 0 Å². The van der Waals surface area contributed by atoms with Gasteiger partial charge in [0.15, 0.2) is 15.7 Å². The summed E-state index contributed by atoms with van der Waals surface area (Å²) in [6, 6.07) is 4.31. The number of imidazole rings is 1. The second-order valence-electron chi connectivity index (χ2n) is 6.91. The number of nitro benzene ring substituents is 1. The minimum Gasteiger partial charge on any atom is -0.308 e. The lowest BCUT2D eigenvalue weighted by molar-refractivity contribution is -0.387. The number of carbonyl (C=O) groups is 2. The quantitative estimate of drug-likeness (QED) is 0.163. The Bertz CT molecular complexity index is 1420. The van der Waals surface area contributed by atoms with Crippen molar-refractivity contribution in [1.29, 1.82) is 0 Å². The molecule has 2 amide bonds. The average Bonchev–Trinajstić information content (AvgIpc) is 3.41. The van der Waals surface area contributed by atoms with E-state index in [9.17, 15) is 28.1 Å². The number of sulfonamides is 1. The van der Waals surface area contributed by atoms with Crippen LogP contribution in [0.15, 0.2) is 47.6 Å². The zero-order valence-electron chi connectivity index (χ0n) is 16.5. The van der Waals surface area contributed by atoms with E-state index >= 15 is 0 Å². The first kappa shape index (κ1) is 22.3. The molecule has 15 heteroatoms. The van der Waals surface area contributed by atoms with Crippen LogP contribution < -0.4 is 10.0 Å². The number of nitrogens with one attached hydrogen (secondary N) is 2. The molecule has 0 aliphatic heterocycles. The van der Waals surface area contributed by atoms with Gasteiger partial charge in [-0.25, -0.2) is 18.1 Å². The number of hydrogen-bond acceptors (Lipinski definition) is 9. The van der Waals surface area contributed by atoms with Gasteiger partial charge < -0.3 is 4.57 Å². The topological polar surface area (TPSA) is 179 Å². The van der Waals surface area contributed by atoms with Crippen molar-refractivity contribution in [1.82, 2.24) is 24.2 Å². The van der Waals surface area contributed by atoms with E-state index in [1.807, 2.05) is 4.72 Å². The lowest BCUT2D eigenvalue weighted by Gasteiger charge is -2.14. The minimum atomic E-state index is -4.47. The van der Waals surface area contributed by atoms with Gasteiger partial charge in [0, 0.05) is 6.07 Å². The first-order valence-corrected chi connectivity index (χ1v) is 11.2. The van der Waals surface area contributed by atoms with E-state index < -0.39 is 43.4 Å². The number of benzene rings is 1. The first-order chi connectivity index (χ1) is 15.7. The summed E-state index contributed by atoms with van der Waals surface area (Å²) < 4.78 is 28.7. The highest BCUT2D eigenvalue weighted by atomic mass is 35.5. The molecule has 170 valence electrons. The third-order valence-corrected chi connectivity index (χ3v) is 6.57. The molecule has 0 spiro atoms. The lowest BCUT2D eigenvalue weighted by Crippen LogP contribution is -2.35. The zero-order chi connectivity index (χ0) is 23.8. The van der Waals surface area contributed by atoms with Crippen LogP contribution in [0.2, 0.25) is 5.15 Å². The van der Waals surface area contributed by atoms with Gasteiger partial charge in [0.2, 0.25) is 18.3 Å². The van der Waals surface area contributed by atoms with Crippen LogP contribution in [0, 0.1) is 16.0 Å². The molecule has 1 aromatic carbocycles. The number of nitro groups is 1. The Morgan fingerprint density at radius 3 is 2.76 bits per heavy atom. The summed E-state index contributed by atoms with van der Waals surface area (Å²) in [6.45, 7) is 0. The highest BCUT2D eigenvalue weighted by molar-refractivity contribution is 7.90. The molecule has 1 aliphatic rings. The number of halogens is 1. The fourth-order valence-electron chi connectivity index (χ4n) is 3.42. The number of fused-ring (bicyclic) bond motifs is 1. The highest BCUT2D eigenvalue weighted by Crippen LogP contribution is 2.32. The summed E-state index contributed by atoms with van der Waals surface area (Å²) in [5, 5.41) is 13.5. The smallest absolute Gasteiger partial charge is 0.289 e. The standard InChI is InChI=1S/C18H14ClN7O6S/c19-15-14-16(23-18(22-15)21-9-27)25(8-20-14)11-6-5-10(7-11)17(28)24-33(31,32)13-4-2-1-3-12(13)26(29)30/h1-6,8-11H,7H2,(H,24,28)(H,21,22,23,27). The third kappa shape index (κ3) is 4.25. The maximum absolute atomic E-state index is 12.7. The SMILES string of the molecule is O=CNc1nc(Cl)c2ncn(C3C=CC(C(=O)NS(=O)(=O)c4ccccc4[N+](=O)[O-])C3)c2n1.